The van der Waals surface area contributed by atoms with E-state index in [0.29, 0.717) is 6.04 Å². The van der Waals surface area contributed by atoms with Gasteiger partial charge in [-0.2, -0.15) is 5.26 Å². The largest absolute Gasteiger partial charge is 0.310 e. The first-order chi connectivity index (χ1) is 8.05. The summed E-state index contributed by atoms with van der Waals surface area (Å²) in [4.78, 5) is 0. The van der Waals surface area contributed by atoms with Crippen LogP contribution in [-0.4, -0.2) is 6.54 Å². The Labute approximate surface area is 105 Å². The Morgan fingerprint density at radius 1 is 1.29 bits per heavy atom. The third-order valence-corrected chi connectivity index (χ3v) is 3.03. The van der Waals surface area contributed by atoms with Gasteiger partial charge in [-0.05, 0) is 45.7 Å². The summed E-state index contributed by atoms with van der Waals surface area (Å²) >= 11 is 0. The Morgan fingerprint density at radius 3 is 2.53 bits per heavy atom. The predicted molar refractivity (Wildman–Crippen MR) is 71.5 cm³/mol. The van der Waals surface area contributed by atoms with Crippen LogP contribution < -0.4 is 5.32 Å². The van der Waals surface area contributed by atoms with Gasteiger partial charge in [-0.25, -0.2) is 0 Å². The minimum atomic E-state index is -0.197. The predicted octanol–water partition coefficient (Wildman–Crippen LogP) is 3.67. The van der Waals surface area contributed by atoms with E-state index in [-0.39, 0.29) is 5.41 Å². The fourth-order valence-electron chi connectivity index (χ4n) is 1.76. The van der Waals surface area contributed by atoms with Gasteiger partial charge in [0.2, 0.25) is 0 Å². The van der Waals surface area contributed by atoms with Crippen LogP contribution in [0.1, 0.15) is 45.2 Å². The van der Waals surface area contributed by atoms with Crippen LogP contribution in [-0.2, 0) is 0 Å². The van der Waals surface area contributed by atoms with Gasteiger partial charge in [0.1, 0.15) is 0 Å². The molecular weight excluding hydrogens is 208 g/mol. The Hall–Kier alpha value is -1.33. The summed E-state index contributed by atoms with van der Waals surface area (Å²) < 4.78 is 0. The number of benzene rings is 1. The van der Waals surface area contributed by atoms with Gasteiger partial charge in [0.05, 0.1) is 11.5 Å². The quantitative estimate of drug-likeness (QED) is 0.757. The van der Waals surface area contributed by atoms with Crippen LogP contribution in [0.25, 0.3) is 0 Å². The summed E-state index contributed by atoms with van der Waals surface area (Å²) in [6, 6.07) is 13.1. The molecule has 1 N–H and O–H groups in total. The van der Waals surface area contributed by atoms with Crippen LogP contribution in [0.3, 0.4) is 0 Å². The molecule has 0 aliphatic heterocycles. The summed E-state index contributed by atoms with van der Waals surface area (Å²) in [6.45, 7) is 7.12. The lowest BCUT2D eigenvalue weighted by molar-refractivity contribution is 0.417. The highest BCUT2D eigenvalue weighted by Gasteiger charge is 2.15. The number of nitrogens with one attached hydrogen (secondary N) is 1. The van der Waals surface area contributed by atoms with Crippen molar-refractivity contribution in [3.05, 3.63) is 35.9 Å². The number of nitrogens with zero attached hydrogens (tertiary/aromatic N) is 1. The molecule has 1 rings (SSSR count). The van der Waals surface area contributed by atoms with E-state index in [1.165, 1.54) is 5.56 Å². The van der Waals surface area contributed by atoms with Crippen LogP contribution in [0.4, 0.5) is 0 Å². The first-order valence-corrected chi connectivity index (χ1v) is 6.25. The van der Waals surface area contributed by atoms with Crippen molar-refractivity contribution in [3.63, 3.8) is 0 Å². The van der Waals surface area contributed by atoms with Gasteiger partial charge < -0.3 is 5.32 Å². The van der Waals surface area contributed by atoms with Gasteiger partial charge in [0.25, 0.3) is 0 Å². The molecule has 0 aromatic heterocycles. The molecule has 1 unspecified atom stereocenters. The normalized spacial score (nSPS) is 13.1. The van der Waals surface area contributed by atoms with Crippen molar-refractivity contribution in [1.29, 1.82) is 5.26 Å². The third kappa shape index (κ3) is 5.01. The highest BCUT2D eigenvalue weighted by molar-refractivity contribution is 5.17. The number of nitriles is 1. The zero-order valence-corrected chi connectivity index (χ0v) is 11.0. The van der Waals surface area contributed by atoms with Gasteiger partial charge >= 0.3 is 0 Å². The molecule has 1 aromatic carbocycles. The Morgan fingerprint density at radius 2 is 1.94 bits per heavy atom. The molecule has 0 fully saturated rings. The van der Waals surface area contributed by atoms with Crippen molar-refractivity contribution in [2.24, 2.45) is 5.41 Å². The van der Waals surface area contributed by atoms with Crippen molar-refractivity contribution in [1.82, 2.24) is 5.32 Å². The van der Waals surface area contributed by atoms with Gasteiger partial charge in [-0.3, -0.25) is 0 Å². The second-order valence-corrected chi connectivity index (χ2v) is 5.19. The monoisotopic (exact) mass is 230 g/mol. The molecule has 0 amide bonds. The van der Waals surface area contributed by atoms with E-state index in [1.54, 1.807) is 0 Å². The molecule has 0 heterocycles. The third-order valence-electron chi connectivity index (χ3n) is 3.03. The average molecular weight is 230 g/mol. The van der Waals surface area contributed by atoms with E-state index in [0.717, 1.165) is 19.4 Å². The summed E-state index contributed by atoms with van der Waals surface area (Å²) in [5.74, 6) is 0. The molecule has 17 heavy (non-hydrogen) atoms. The smallest absolute Gasteiger partial charge is 0.0683 e. The number of rotatable bonds is 6. The van der Waals surface area contributed by atoms with Gasteiger partial charge in [-0.15, -0.1) is 0 Å². The topological polar surface area (TPSA) is 35.8 Å². The maximum absolute atomic E-state index is 8.91. The van der Waals surface area contributed by atoms with E-state index < -0.39 is 0 Å². The van der Waals surface area contributed by atoms with E-state index in [9.17, 15) is 0 Å². The molecule has 2 heteroatoms. The Kier molecular flexibility index (Phi) is 5.18. The molecular formula is C15H22N2. The molecule has 1 atom stereocenters. The standard InChI is InChI=1S/C15H22N2/c1-13(14-8-5-4-6-9-14)17-11-7-10-15(2,3)12-16/h4-6,8-9,13,17H,7,10-11H2,1-3H3. The van der Waals surface area contributed by atoms with Gasteiger partial charge in [0, 0.05) is 6.04 Å². The highest BCUT2D eigenvalue weighted by atomic mass is 14.9. The lowest BCUT2D eigenvalue weighted by Gasteiger charge is -2.17. The molecule has 92 valence electrons. The summed E-state index contributed by atoms with van der Waals surface area (Å²) in [7, 11) is 0. The minimum absolute atomic E-state index is 0.197. The molecule has 0 spiro atoms. The summed E-state index contributed by atoms with van der Waals surface area (Å²) in [6.07, 6.45) is 1.98. The van der Waals surface area contributed by atoms with Crippen LogP contribution in [0, 0.1) is 16.7 Å². The lowest BCUT2D eigenvalue weighted by Crippen LogP contribution is -2.21. The van der Waals surface area contributed by atoms with Crippen LogP contribution in [0.2, 0.25) is 0 Å². The summed E-state index contributed by atoms with van der Waals surface area (Å²) in [5, 5.41) is 12.4. The molecule has 0 bridgehead atoms. The molecule has 0 saturated heterocycles. The molecule has 0 aliphatic carbocycles. The average Bonchev–Trinajstić information content (AvgIpc) is 2.35. The van der Waals surface area contributed by atoms with E-state index in [2.05, 4.69) is 42.6 Å². The first kappa shape index (κ1) is 13.7. The first-order valence-electron chi connectivity index (χ1n) is 6.25. The van der Waals surface area contributed by atoms with Crippen LogP contribution in [0.5, 0.6) is 0 Å². The molecule has 0 saturated carbocycles. The Bertz CT molecular complexity index is 362. The fraction of sp³-hybridized carbons (Fsp3) is 0.533. The maximum Gasteiger partial charge on any atom is 0.0683 e. The SMILES string of the molecule is CC(NCCCC(C)(C)C#N)c1ccccc1. The molecule has 1 aromatic rings. The van der Waals surface area contributed by atoms with Crippen molar-refractivity contribution in [2.75, 3.05) is 6.54 Å². The summed E-state index contributed by atoms with van der Waals surface area (Å²) in [5.41, 5.74) is 1.12. The number of hydrogen-bond donors (Lipinski definition) is 1. The van der Waals surface area contributed by atoms with E-state index >= 15 is 0 Å². The maximum atomic E-state index is 8.91. The van der Waals surface area contributed by atoms with Gasteiger partial charge in [-0.1, -0.05) is 30.3 Å². The zero-order chi connectivity index (χ0) is 12.7. The van der Waals surface area contributed by atoms with Crippen molar-refractivity contribution in [3.8, 4) is 6.07 Å². The molecule has 2 nitrogen and oxygen atoms in total. The number of hydrogen-bond acceptors (Lipinski definition) is 2. The van der Waals surface area contributed by atoms with Gasteiger partial charge in [0.15, 0.2) is 0 Å². The molecule has 0 radical (unpaired) electrons. The minimum Gasteiger partial charge on any atom is -0.310 e. The molecule has 0 aliphatic rings. The second kappa shape index (κ2) is 6.42. The van der Waals surface area contributed by atoms with Crippen LogP contribution >= 0.6 is 0 Å². The van der Waals surface area contributed by atoms with E-state index in [1.807, 2.05) is 19.9 Å². The van der Waals surface area contributed by atoms with Crippen molar-refractivity contribution < 1.29 is 0 Å². The lowest BCUT2D eigenvalue weighted by atomic mass is 9.90. The van der Waals surface area contributed by atoms with Crippen molar-refractivity contribution >= 4 is 0 Å². The van der Waals surface area contributed by atoms with Crippen molar-refractivity contribution in [2.45, 2.75) is 39.7 Å². The van der Waals surface area contributed by atoms with E-state index in [4.69, 9.17) is 5.26 Å². The fourth-order valence-corrected chi connectivity index (χ4v) is 1.76. The second-order valence-electron chi connectivity index (χ2n) is 5.19. The Balaban J connectivity index is 2.26. The van der Waals surface area contributed by atoms with Crippen LogP contribution in [0.15, 0.2) is 30.3 Å². The highest BCUT2D eigenvalue weighted by Crippen LogP contribution is 2.20. The zero-order valence-electron chi connectivity index (χ0n) is 11.0.